The number of sulfonamides is 1. The monoisotopic (exact) mass is 408 g/mol. The molecule has 1 heterocycles. The molecule has 0 radical (unpaired) electrons. The lowest BCUT2D eigenvalue weighted by molar-refractivity contribution is -0.140. The summed E-state index contributed by atoms with van der Waals surface area (Å²) in [6.45, 7) is 1.18. The van der Waals surface area contributed by atoms with Crippen molar-refractivity contribution in [3.8, 4) is 0 Å². The van der Waals surface area contributed by atoms with Gasteiger partial charge in [-0.2, -0.15) is 17.5 Å². The molecule has 4 nitrogen and oxygen atoms in total. The summed E-state index contributed by atoms with van der Waals surface area (Å²) in [6, 6.07) is 3.07. The Morgan fingerprint density at radius 2 is 1.76 bits per heavy atom. The smallest absolute Gasteiger partial charge is 0.314 e. The second kappa shape index (κ2) is 6.82. The predicted molar refractivity (Wildman–Crippen MR) is 78.0 cm³/mol. The predicted octanol–water partition coefficient (Wildman–Crippen LogP) is 2.48. The van der Waals surface area contributed by atoms with Gasteiger partial charge in [0, 0.05) is 30.7 Å². The molecule has 10 heteroatoms. The molecule has 0 aliphatic carbocycles. The molecule has 1 aromatic rings. The molecular formula is C11H13BrClF3N2O2S. The maximum absolute atomic E-state index is 13.0. The van der Waals surface area contributed by atoms with Gasteiger partial charge in [0.25, 0.3) is 0 Å². The number of piperazine rings is 1. The van der Waals surface area contributed by atoms with Crippen molar-refractivity contribution in [1.29, 1.82) is 0 Å². The number of halogens is 5. The number of nitrogens with one attached hydrogen (secondary N) is 1. The maximum atomic E-state index is 13.0. The Morgan fingerprint density at radius 1 is 1.19 bits per heavy atom. The SMILES string of the molecule is Cl.O=S(=O)(c1ccc(Br)cc1C(F)(F)F)N1CCNCC1. The zero-order valence-electron chi connectivity index (χ0n) is 10.7. The van der Waals surface area contributed by atoms with Crippen molar-refractivity contribution >= 4 is 38.4 Å². The minimum Gasteiger partial charge on any atom is -0.314 e. The van der Waals surface area contributed by atoms with Crippen molar-refractivity contribution < 1.29 is 21.6 Å². The minimum absolute atomic E-state index is 0. The van der Waals surface area contributed by atoms with Gasteiger partial charge in [0.1, 0.15) is 0 Å². The lowest BCUT2D eigenvalue weighted by Gasteiger charge is -2.27. The average molecular weight is 410 g/mol. The Balaban J connectivity index is 0.00000220. The standard InChI is InChI=1S/C11H12BrF3N2O2S.ClH/c12-8-1-2-10(9(7-8)11(13,14)15)20(18,19)17-5-3-16-4-6-17;/h1-2,7,16H,3-6H2;1H. The summed E-state index contributed by atoms with van der Waals surface area (Å²) in [7, 11) is -4.14. The van der Waals surface area contributed by atoms with E-state index in [4.69, 9.17) is 0 Å². The summed E-state index contributed by atoms with van der Waals surface area (Å²) in [5.74, 6) is 0. The molecule has 0 bridgehead atoms. The third-order valence-electron chi connectivity index (χ3n) is 2.94. The van der Waals surface area contributed by atoms with Crippen LogP contribution in [0.25, 0.3) is 0 Å². The van der Waals surface area contributed by atoms with E-state index < -0.39 is 26.7 Å². The van der Waals surface area contributed by atoms with E-state index in [1.54, 1.807) is 0 Å². The van der Waals surface area contributed by atoms with Gasteiger partial charge in [-0.3, -0.25) is 0 Å². The van der Waals surface area contributed by atoms with E-state index in [0.29, 0.717) is 13.1 Å². The molecule has 0 amide bonds. The number of nitrogens with zero attached hydrogens (tertiary/aromatic N) is 1. The zero-order valence-corrected chi connectivity index (χ0v) is 13.9. The first-order valence-electron chi connectivity index (χ1n) is 5.80. The van der Waals surface area contributed by atoms with Crippen LogP contribution in [0.5, 0.6) is 0 Å². The second-order valence-electron chi connectivity index (χ2n) is 4.29. The highest BCUT2D eigenvalue weighted by molar-refractivity contribution is 9.10. The van der Waals surface area contributed by atoms with Gasteiger partial charge in [-0.15, -0.1) is 12.4 Å². The van der Waals surface area contributed by atoms with Crippen molar-refractivity contribution in [2.45, 2.75) is 11.1 Å². The van der Waals surface area contributed by atoms with Crippen molar-refractivity contribution in [3.63, 3.8) is 0 Å². The quantitative estimate of drug-likeness (QED) is 0.816. The zero-order chi connectivity index (χ0) is 15.0. The fourth-order valence-corrected chi connectivity index (χ4v) is 3.97. The summed E-state index contributed by atoms with van der Waals surface area (Å²) >= 11 is 2.93. The number of benzene rings is 1. The van der Waals surface area contributed by atoms with Gasteiger partial charge in [0.15, 0.2) is 0 Å². The van der Waals surface area contributed by atoms with Crippen LogP contribution in [0.1, 0.15) is 5.56 Å². The largest absolute Gasteiger partial charge is 0.417 e. The van der Waals surface area contributed by atoms with Crippen LogP contribution < -0.4 is 5.32 Å². The first kappa shape index (κ1) is 18.7. The van der Waals surface area contributed by atoms with Gasteiger partial charge in [0.05, 0.1) is 10.5 Å². The number of alkyl halides is 3. The minimum atomic E-state index is -4.72. The maximum Gasteiger partial charge on any atom is 0.417 e. The number of hydrogen-bond acceptors (Lipinski definition) is 3. The van der Waals surface area contributed by atoms with E-state index in [2.05, 4.69) is 21.2 Å². The highest BCUT2D eigenvalue weighted by atomic mass is 79.9. The fourth-order valence-electron chi connectivity index (χ4n) is 1.97. The molecule has 1 aromatic carbocycles. The molecule has 1 aliphatic heterocycles. The molecular weight excluding hydrogens is 397 g/mol. The lowest BCUT2D eigenvalue weighted by atomic mass is 10.2. The molecule has 0 atom stereocenters. The molecule has 1 fully saturated rings. The van der Waals surface area contributed by atoms with E-state index in [9.17, 15) is 21.6 Å². The van der Waals surface area contributed by atoms with Crippen LogP contribution in [0, 0.1) is 0 Å². The van der Waals surface area contributed by atoms with Crippen LogP contribution >= 0.6 is 28.3 Å². The van der Waals surface area contributed by atoms with E-state index in [1.807, 2.05) is 0 Å². The van der Waals surface area contributed by atoms with Gasteiger partial charge in [0.2, 0.25) is 10.0 Å². The number of hydrogen-bond donors (Lipinski definition) is 1. The van der Waals surface area contributed by atoms with Crippen LogP contribution in [0.2, 0.25) is 0 Å². The number of rotatable bonds is 2. The molecule has 0 saturated carbocycles. The molecule has 1 N–H and O–H groups in total. The topological polar surface area (TPSA) is 49.4 Å². The molecule has 120 valence electrons. The van der Waals surface area contributed by atoms with Crippen LogP contribution in [0.4, 0.5) is 13.2 Å². The average Bonchev–Trinajstić information content (AvgIpc) is 2.38. The summed E-state index contributed by atoms with van der Waals surface area (Å²) < 4.78 is 65.0. The van der Waals surface area contributed by atoms with Gasteiger partial charge < -0.3 is 5.32 Å². The molecule has 1 aliphatic rings. The summed E-state index contributed by atoms with van der Waals surface area (Å²) in [5, 5.41) is 2.96. The van der Waals surface area contributed by atoms with Crippen molar-refractivity contribution in [1.82, 2.24) is 9.62 Å². The summed E-state index contributed by atoms with van der Waals surface area (Å²) in [6.07, 6.45) is -4.72. The Bertz CT molecular complexity index is 604. The van der Waals surface area contributed by atoms with Gasteiger partial charge in [-0.1, -0.05) is 15.9 Å². The Kier molecular flexibility index (Phi) is 6.08. The second-order valence-corrected chi connectivity index (χ2v) is 7.11. The summed E-state index contributed by atoms with van der Waals surface area (Å²) in [5.41, 5.74) is -1.15. The molecule has 21 heavy (non-hydrogen) atoms. The van der Waals surface area contributed by atoms with Gasteiger partial charge in [-0.25, -0.2) is 8.42 Å². The third-order valence-corrected chi connectivity index (χ3v) is 5.39. The van der Waals surface area contributed by atoms with Crippen LogP contribution in [-0.4, -0.2) is 38.9 Å². The van der Waals surface area contributed by atoms with E-state index in [0.717, 1.165) is 16.4 Å². The Hall–Kier alpha value is -0.350. The first-order chi connectivity index (χ1) is 9.23. The fraction of sp³-hybridized carbons (Fsp3) is 0.455. The van der Waals surface area contributed by atoms with Crippen LogP contribution in [-0.2, 0) is 16.2 Å². The van der Waals surface area contributed by atoms with Gasteiger partial charge in [-0.05, 0) is 18.2 Å². The highest BCUT2D eigenvalue weighted by Gasteiger charge is 2.39. The summed E-state index contributed by atoms with van der Waals surface area (Å²) in [4.78, 5) is -0.699. The van der Waals surface area contributed by atoms with Crippen LogP contribution in [0.15, 0.2) is 27.6 Å². The van der Waals surface area contributed by atoms with Crippen molar-refractivity contribution in [2.24, 2.45) is 0 Å². The highest BCUT2D eigenvalue weighted by Crippen LogP contribution is 2.36. The van der Waals surface area contributed by atoms with Crippen molar-refractivity contribution in [2.75, 3.05) is 26.2 Å². The lowest BCUT2D eigenvalue weighted by Crippen LogP contribution is -2.46. The molecule has 0 spiro atoms. The molecule has 1 saturated heterocycles. The van der Waals surface area contributed by atoms with Crippen molar-refractivity contribution in [3.05, 3.63) is 28.2 Å². The Labute approximate surface area is 135 Å². The van der Waals surface area contributed by atoms with E-state index in [1.165, 1.54) is 6.07 Å². The van der Waals surface area contributed by atoms with E-state index in [-0.39, 0.29) is 30.0 Å². The van der Waals surface area contributed by atoms with Gasteiger partial charge >= 0.3 is 6.18 Å². The first-order valence-corrected chi connectivity index (χ1v) is 8.04. The molecule has 0 aromatic heterocycles. The molecule has 2 rings (SSSR count). The molecule has 0 unspecified atom stereocenters. The normalized spacial score (nSPS) is 17.3. The van der Waals surface area contributed by atoms with Crippen LogP contribution in [0.3, 0.4) is 0 Å². The van der Waals surface area contributed by atoms with E-state index >= 15 is 0 Å². The Morgan fingerprint density at radius 3 is 2.29 bits per heavy atom. The third kappa shape index (κ3) is 4.10.